The standard InChI is InChI=1S/C8H13NO3/c10-8(11)9-6-2-1-3-7(9)12-5-4-6/h6-7H,1-5H2,(H,10,11). The van der Waals surface area contributed by atoms with Crippen LogP contribution in [0.3, 0.4) is 0 Å². The van der Waals surface area contributed by atoms with E-state index in [9.17, 15) is 4.79 Å². The van der Waals surface area contributed by atoms with E-state index in [1.54, 1.807) is 0 Å². The van der Waals surface area contributed by atoms with Gasteiger partial charge in [-0.1, -0.05) is 0 Å². The van der Waals surface area contributed by atoms with Gasteiger partial charge in [-0.05, 0) is 25.7 Å². The van der Waals surface area contributed by atoms with Gasteiger partial charge in [-0.25, -0.2) is 4.79 Å². The highest BCUT2D eigenvalue weighted by Gasteiger charge is 2.37. The molecule has 2 rings (SSSR count). The van der Waals surface area contributed by atoms with E-state index < -0.39 is 6.09 Å². The van der Waals surface area contributed by atoms with Crippen molar-refractivity contribution in [2.24, 2.45) is 0 Å². The minimum absolute atomic E-state index is 0.157. The van der Waals surface area contributed by atoms with Crippen LogP contribution in [0.15, 0.2) is 0 Å². The molecule has 0 saturated carbocycles. The van der Waals surface area contributed by atoms with Crippen LogP contribution in [-0.2, 0) is 4.74 Å². The molecule has 2 bridgehead atoms. The van der Waals surface area contributed by atoms with Gasteiger partial charge in [-0.15, -0.1) is 0 Å². The van der Waals surface area contributed by atoms with Gasteiger partial charge in [0.15, 0.2) is 0 Å². The Kier molecular flexibility index (Phi) is 1.92. The molecule has 4 nitrogen and oxygen atoms in total. The van der Waals surface area contributed by atoms with Gasteiger partial charge in [0.05, 0.1) is 6.61 Å². The molecule has 2 saturated heterocycles. The van der Waals surface area contributed by atoms with E-state index in [-0.39, 0.29) is 12.3 Å². The normalized spacial score (nSPS) is 34.8. The second-order valence-electron chi connectivity index (χ2n) is 3.39. The molecular formula is C8H13NO3. The zero-order valence-electron chi connectivity index (χ0n) is 6.90. The Morgan fingerprint density at radius 1 is 1.42 bits per heavy atom. The van der Waals surface area contributed by atoms with Crippen molar-refractivity contribution in [3.8, 4) is 0 Å². The Hall–Kier alpha value is -0.770. The lowest BCUT2D eigenvalue weighted by molar-refractivity contribution is -0.128. The molecule has 2 unspecified atom stereocenters. The smallest absolute Gasteiger partial charge is 0.409 e. The van der Waals surface area contributed by atoms with E-state index in [1.165, 1.54) is 4.90 Å². The highest BCUT2D eigenvalue weighted by molar-refractivity contribution is 5.66. The maximum absolute atomic E-state index is 10.8. The van der Waals surface area contributed by atoms with Crippen molar-refractivity contribution in [3.63, 3.8) is 0 Å². The largest absolute Gasteiger partial charge is 0.465 e. The summed E-state index contributed by atoms with van der Waals surface area (Å²) in [7, 11) is 0. The maximum Gasteiger partial charge on any atom is 0.409 e. The lowest BCUT2D eigenvalue weighted by atomic mass is 9.97. The van der Waals surface area contributed by atoms with Crippen molar-refractivity contribution in [2.45, 2.75) is 38.0 Å². The highest BCUT2D eigenvalue weighted by atomic mass is 16.5. The van der Waals surface area contributed by atoms with Gasteiger partial charge in [0.25, 0.3) is 0 Å². The molecule has 0 spiro atoms. The summed E-state index contributed by atoms with van der Waals surface area (Å²) in [5.41, 5.74) is 0. The Labute approximate surface area is 71.1 Å². The number of piperidine rings is 1. The molecule has 0 radical (unpaired) electrons. The number of fused-ring (bicyclic) bond motifs is 2. The Balaban J connectivity index is 2.13. The first-order chi connectivity index (χ1) is 5.79. The quantitative estimate of drug-likeness (QED) is 0.597. The van der Waals surface area contributed by atoms with Crippen molar-refractivity contribution in [1.29, 1.82) is 0 Å². The molecule has 1 amide bonds. The molecule has 2 aliphatic rings. The molecule has 2 heterocycles. The number of carbonyl (C=O) groups is 1. The molecule has 0 aromatic rings. The van der Waals surface area contributed by atoms with Crippen LogP contribution in [0.1, 0.15) is 25.7 Å². The van der Waals surface area contributed by atoms with Crippen molar-refractivity contribution in [2.75, 3.05) is 6.61 Å². The van der Waals surface area contributed by atoms with Crippen molar-refractivity contribution < 1.29 is 14.6 Å². The number of rotatable bonds is 0. The molecule has 0 aromatic heterocycles. The minimum atomic E-state index is -0.829. The molecule has 2 fully saturated rings. The third-order valence-corrected chi connectivity index (χ3v) is 2.67. The van der Waals surface area contributed by atoms with Gasteiger partial charge in [0, 0.05) is 6.04 Å². The Morgan fingerprint density at radius 3 is 2.83 bits per heavy atom. The van der Waals surface area contributed by atoms with Crippen LogP contribution in [0.25, 0.3) is 0 Å². The molecule has 68 valence electrons. The lowest BCUT2D eigenvalue weighted by Crippen LogP contribution is -2.54. The van der Waals surface area contributed by atoms with E-state index in [4.69, 9.17) is 9.84 Å². The van der Waals surface area contributed by atoms with Crippen LogP contribution in [0, 0.1) is 0 Å². The third-order valence-electron chi connectivity index (χ3n) is 2.67. The number of ether oxygens (including phenoxy) is 1. The average molecular weight is 171 g/mol. The van der Waals surface area contributed by atoms with Crippen LogP contribution >= 0.6 is 0 Å². The molecule has 1 N–H and O–H groups in total. The molecular weight excluding hydrogens is 158 g/mol. The molecule has 2 aliphatic heterocycles. The second-order valence-corrected chi connectivity index (χ2v) is 3.39. The van der Waals surface area contributed by atoms with Gasteiger partial charge in [-0.2, -0.15) is 0 Å². The first-order valence-corrected chi connectivity index (χ1v) is 4.42. The molecule has 4 heteroatoms. The summed E-state index contributed by atoms with van der Waals surface area (Å²) < 4.78 is 5.37. The predicted molar refractivity (Wildman–Crippen MR) is 41.9 cm³/mol. The van der Waals surface area contributed by atoms with Crippen molar-refractivity contribution >= 4 is 6.09 Å². The fourth-order valence-corrected chi connectivity index (χ4v) is 2.11. The van der Waals surface area contributed by atoms with Crippen molar-refractivity contribution in [1.82, 2.24) is 4.90 Å². The predicted octanol–water partition coefficient (Wildman–Crippen LogP) is 1.27. The topological polar surface area (TPSA) is 49.8 Å². The zero-order valence-corrected chi connectivity index (χ0v) is 6.90. The van der Waals surface area contributed by atoms with Gasteiger partial charge in [0.2, 0.25) is 0 Å². The number of amides is 1. The summed E-state index contributed by atoms with van der Waals surface area (Å²) in [5.74, 6) is 0. The van der Waals surface area contributed by atoms with Gasteiger partial charge >= 0.3 is 6.09 Å². The summed E-state index contributed by atoms with van der Waals surface area (Å²) in [6.45, 7) is 0.721. The van der Waals surface area contributed by atoms with Crippen LogP contribution < -0.4 is 0 Å². The third kappa shape index (κ3) is 1.16. The van der Waals surface area contributed by atoms with Crippen LogP contribution in [-0.4, -0.2) is 35.0 Å². The number of hydrogen-bond donors (Lipinski definition) is 1. The molecule has 0 aliphatic carbocycles. The van der Waals surface area contributed by atoms with Gasteiger partial charge in [0.1, 0.15) is 6.23 Å². The number of carboxylic acid groups (broad SMARTS) is 1. The summed E-state index contributed by atoms with van der Waals surface area (Å²) in [6.07, 6.45) is 2.84. The van der Waals surface area contributed by atoms with Crippen LogP contribution in [0.5, 0.6) is 0 Å². The first kappa shape index (κ1) is 7.86. The zero-order chi connectivity index (χ0) is 8.55. The van der Waals surface area contributed by atoms with E-state index in [1.807, 2.05) is 0 Å². The molecule has 12 heavy (non-hydrogen) atoms. The highest BCUT2D eigenvalue weighted by Crippen LogP contribution is 2.29. The summed E-state index contributed by atoms with van der Waals surface area (Å²) in [4.78, 5) is 12.3. The minimum Gasteiger partial charge on any atom is -0.465 e. The van der Waals surface area contributed by atoms with Crippen LogP contribution in [0.2, 0.25) is 0 Å². The fourth-order valence-electron chi connectivity index (χ4n) is 2.11. The second kappa shape index (κ2) is 2.94. The summed E-state index contributed by atoms with van der Waals surface area (Å²) in [6, 6.07) is 0.218. The molecule has 2 atom stereocenters. The van der Waals surface area contributed by atoms with E-state index in [2.05, 4.69) is 0 Å². The van der Waals surface area contributed by atoms with Crippen molar-refractivity contribution in [3.05, 3.63) is 0 Å². The monoisotopic (exact) mass is 171 g/mol. The van der Waals surface area contributed by atoms with E-state index in [0.29, 0.717) is 0 Å². The first-order valence-electron chi connectivity index (χ1n) is 4.42. The lowest BCUT2D eigenvalue weighted by Gasteiger charge is -2.43. The Bertz CT molecular complexity index is 173. The number of hydrogen-bond acceptors (Lipinski definition) is 2. The SMILES string of the molecule is O=C(O)N1C2CCCC1OCC2. The number of nitrogens with zero attached hydrogens (tertiary/aromatic N) is 1. The summed E-state index contributed by atoms with van der Waals surface area (Å²) in [5, 5.41) is 8.89. The van der Waals surface area contributed by atoms with Gasteiger partial charge < -0.3 is 9.84 Å². The van der Waals surface area contributed by atoms with Gasteiger partial charge in [-0.3, -0.25) is 4.90 Å². The van der Waals surface area contributed by atoms with E-state index in [0.717, 1.165) is 32.3 Å². The maximum atomic E-state index is 10.8. The fraction of sp³-hybridized carbons (Fsp3) is 0.875. The summed E-state index contributed by atoms with van der Waals surface area (Å²) >= 11 is 0. The average Bonchev–Trinajstić information content (AvgIpc) is 2.02. The van der Waals surface area contributed by atoms with Crippen LogP contribution in [0.4, 0.5) is 4.79 Å². The Morgan fingerprint density at radius 2 is 2.25 bits per heavy atom. The molecule has 0 aromatic carbocycles. The van der Waals surface area contributed by atoms with E-state index >= 15 is 0 Å².